The van der Waals surface area contributed by atoms with Gasteiger partial charge in [0.1, 0.15) is 0 Å². The van der Waals surface area contributed by atoms with E-state index in [2.05, 4.69) is 43.4 Å². The molecule has 0 radical (unpaired) electrons. The maximum atomic E-state index is 11.9. The number of carbonyl (C=O) groups excluding carboxylic acids is 1. The molecule has 1 aliphatic heterocycles. The lowest BCUT2D eigenvalue weighted by Crippen LogP contribution is -2.51. The van der Waals surface area contributed by atoms with Gasteiger partial charge in [0.25, 0.3) is 0 Å². The number of guanidine groups is 1. The Morgan fingerprint density at radius 3 is 2.67 bits per heavy atom. The summed E-state index contributed by atoms with van der Waals surface area (Å²) < 4.78 is 0. The lowest BCUT2D eigenvalue weighted by Gasteiger charge is -2.34. The quantitative estimate of drug-likeness (QED) is 0.557. The van der Waals surface area contributed by atoms with Gasteiger partial charge in [-0.3, -0.25) is 9.79 Å². The van der Waals surface area contributed by atoms with Crippen molar-refractivity contribution in [3.8, 4) is 0 Å². The molecule has 0 unspecified atom stereocenters. The average molecular weight is 352 g/mol. The first-order valence-electron chi connectivity index (χ1n) is 8.44. The number of nitrogens with one attached hydrogen (secondary N) is 3. The lowest BCUT2D eigenvalue weighted by atomic mass is 9.92. The van der Waals surface area contributed by atoms with Crippen LogP contribution in [0.15, 0.2) is 22.5 Å². The van der Waals surface area contributed by atoms with Crippen LogP contribution in [0.5, 0.6) is 0 Å². The van der Waals surface area contributed by atoms with Crippen LogP contribution in [0.4, 0.5) is 5.00 Å². The van der Waals surface area contributed by atoms with Gasteiger partial charge in [-0.2, -0.15) is 0 Å². The fourth-order valence-electron chi connectivity index (χ4n) is 2.81. The van der Waals surface area contributed by atoms with Crippen LogP contribution in [0.2, 0.25) is 0 Å². The van der Waals surface area contributed by atoms with E-state index in [-0.39, 0.29) is 5.91 Å². The third-order valence-electron chi connectivity index (χ3n) is 4.42. The molecule has 0 spiro atoms. The van der Waals surface area contributed by atoms with E-state index in [9.17, 15) is 4.79 Å². The van der Waals surface area contributed by atoms with Crippen LogP contribution >= 0.6 is 11.3 Å². The number of amides is 1. The van der Waals surface area contributed by atoms with E-state index in [1.807, 2.05) is 13.8 Å². The molecule has 7 heteroatoms. The van der Waals surface area contributed by atoms with Crippen molar-refractivity contribution in [2.45, 2.75) is 32.7 Å². The van der Waals surface area contributed by atoms with E-state index in [0.29, 0.717) is 12.6 Å². The predicted octanol–water partition coefficient (Wildman–Crippen LogP) is 1.65. The fourth-order valence-corrected chi connectivity index (χ4v) is 3.59. The second-order valence-corrected chi connectivity index (χ2v) is 7.67. The molecule has 2 rings (SSSR count). The van der Waals surface area contributed by atoms with Gasteiger partial charge in [0, 0.05) is 39.8 Å². The third kappa shape index (κ3) is 4.87. The Balaban J connectivity index is 1.79. The minimum absolute atomic E-state index is 0.0229. The molecule has 0 aromatic carbocycles. The zero-order valence-electron chi connectivity index (χ0n) is 15.1. The van der Waals surface area contributed by atoms with Crippen molar-refractivity contribution in [3.63, 3.8) is 0 Å². The Labute approximate surface area is 148 Å². The Hall–Kier alpha value is -1.76. The van der Waals surface area contributed by atoms with Gasteiger partial charge >= 0.3 is 0 Å². The highest BCUT2D eigenvalue weighted by Crippen LogP contribution is 2.24. The Morgan fingerprint density at radius 2 is 2.12 bits per heavy atom. The number of hydrogen-bond acceptors (Lipinski definition) is 4. The van der Waals surface area contributed by atoms with Crippen LogP contribution in [-0.4, -0.2) is 51.6 Å². The summed E-state index contributed by atoms with van der Waals surface area (Å²) >= 11 is 1.80. The van der Waals surface area contributed by atoms with Crippen molar-refractivity contribution in [1.82, 2.24) is 16.0 Å². The van der Waals surface area contributed by atoms with Crippen LogP contribution in [-0.2, 0) is 4.79 Å². The van der Waals surface area contributed by atoms with Gasteiger partial charge in [0.05, 0.1) is 10.4 Å². The molecule has 1 saturated heterocycles. The van der Waals surface area contributed by atoms with Gasteiger partial charge in [-0.15, -0.1) is 11.3 Å². The SMILES string of the molecule is CN=C(NCC(C)(C)C(=O)NC)NC1CCN(c2cccs2)CC1. The van der Waals surface area contributed by atoms with Gasteiger partial charge in [-0.1, -0.05) is 0 Å². The van der Waals surface area contributed by atoms with E-state index in [1.165, 1.54) is 5.00 Å². The molecule has 1 aliphatic rings. The van der Waals surface area contributed by atoms with Crippen LogP contribution in [0.25, 0.3) is 0 Å². The van der Waals surface area contributed by atoms with Gasteiger partial charge in [0.2, 0.25) is 5.91 Å². The van der Waals surface area contributed by atoms with Crippen molar-refractivity contribution < 1.29 is 4.79 Å². The van der Waals surface area contributed by atoms with Crippen molar-refractivity contribution in [2.75, 3.05) is 38.6 Å². The standard InChI is InChI=1S/C17H29N5OS/c1-17(2,15(23)18-3)12-20-16(19-4)21-13-7-9-22(10-8-13)14-6-5-11-24-14/h5-6,11,13H,7-10,12H2,1-4H3,(H,18,23)(H2,19,20,21). The smallest absolute Gasteiger partial charge is 0.227 e. The number of piperidine rings is 1. The molecule has 134 valence electrons. The molecule has 2 heterocycles. The summed E-state index contributed by atoms with van der Waals surface area (Å²) in [5.41, 5.74) is -0.477. The molecule has 0 bridgehead atoms. The zero-order valence-corrected chi connectivity index (χ0v) is 15.9. The third-order valence-corrected chi connectivity index (χ3v) is 5.35. The summed E-state index contributed by atoms with van der Waals surface area (Å²) in [4.78, 5) is 18.6. The Morgan fingerprint density at radius 1 is 1.42 bits per heavy atom. The first-order valence-corrected chi connectivity index (χ1v) is 9.32. The highest BCUT2D eigenvalue weighted by atomic mass is 32.1. The second kappa shape index (κ2) is 8.37. The molecule has 24 heavy (non-hydrogen) atoms. The van der Waals surface area contributed by atoms with Crippen molar-refractivity contribution in [1.29, 1.82) is 0 Å². The van der Waals surface area contributed by atoms with Crippen molar-refractivity contribution in [2.24, 2.45) is 10.4 Å². The van der Waals surface area contributed by atoms with Crippen molar-refractivity contribution >= 4 is 28.2 Å². The maximum Gasteiger partial charge on any atom is 0.227 e. The number of thiophene rings is 1. The van der Waals surface area contributed by atoms with E-state index in [0.717, 1.165) is 31.9 Å². The van der Waals surface area contributed by atoms with Gasteiger partial charge in [-0.05, 0) is 44.2 Å². The van der Waals surface area contributed by atoms with E-state index < -0.39 is 5.41 Å². The molecule has 3 N–H and O–H groups in total. The second-order valence-electron chi connectivity index (χ2n) is 6.75. The summed E-state index contributed by atoms with van der Waals surface area (Å²) in [6.07, 6.45) is 2.16. The van der Waals surface area contributed by atoms with Crippen LogP contribution < -0.4 is 20.9 Å². The molecule has 0 aliphatic carbocycles. The Kier molecular flexibility index (Phi) is 6.48. The summed E-state index contributed by atoms with van der Waals surface area (Å²) in [5.74, 6) is 0.788. The minimum Gasteiger partial charge on any atom is -0.363 e. The van der Waals surface area contributed by atoms with Gasteiger partial charge in [-0.25, -0.2) is 0 Å². The molecule has 0 saturated carbocycles. The van der Waals surface area contributed by atoms with Gasteiger partial charge < -0.3 is 20.9 Å². The van der Waals surface area contributed by atoms with Crippen molar-refractivity contribution in [3.05, 3.63) is 17.5 Å². The van der Waals surface area contributed by atoms with E-state index in [4.69, 9.17) is 0 Å². The summed E-state index contributed by atoms with van der Waals surface area (Å²) in [7, 11) is 3.43. The van der Waals surface area contributed by atoms with Gasteiger partial charge in [0.15, 0.2) is 5.96 Å². The average Bonchev–Trinajstić information content (AvgIpc) is 3.13. The summed E-state index contributed by atoms with van der Waals surface area (Å²) in [5, 5.41) is 12.9. The molecule has 1 aromatic heterocycles. The highest BCUT2D eigenvalue weighted by Gasteiger charge is 2.27. The maximum absolute atomic E-state index is 11.9. The molecule has 0 atom stereocenters. The Bertz CT molecular complexity index is 547. The zero-order chi connectivity index (χ0) is 17.6. The molecule has 1 amide bonds. The fraction of sp³-hybridized carbons (Fsp3) is 0.647. The minimum atomic E-state index is -0.477. The largest absolute Gasteiger partial charge is 0.363 e. The topological polar surface area (TPSA) is 68.8 Å². The molecule has 6 nitrogen and oxygen atoms in total. The normalized spacial score (nSPS) is 16.8. The molecular weight excluding hydrogens is 322 g/mol. The first-order chi connectivity index (χ1) is 11.5. The highest BCUT2D eigenvalue weighted by molar-refractivity contribution is 7.14. The van der Waals surface area contributed by atoms with E-state index >= 15 is 0 Å². The van der Waals surface area contributed by atoms with Crippen LogP contribution in [0, 0.1) is 5.41 Å². The predicted molar refractivity (Wildman–Crippen MR) is 102 cm³/mol. The summed E-state index contributed by atoms with van der Waals surface area (Å²) in [6.45, 7) is 6.50. The lowest BCUT2D eigenvalue weighted by molar-refractivity contribution is -0.128. The number of aliphatic imine (C=N–C) groups is 1. The van der Waals surface area contributed by atoms with Crippen LogP contribution in [0.1, 0.15) is 26.7 Å². The molecular formula is C17H29N5OS. The number of carbonyl (C=O) groups is 1. The molecule has 1 fully saturated rings. The monoisotopic (exact) mass is 351 g/mol. The summed E-state index contributed by atoms with van der Waals surface area (Å²) in [6, 6.07) is 4.69. The molecule has 1 aromatic rings. The number of anilines is 1. The number of hydrogen-bond donors (Lipinski definition) is 3. The number of nitrogens with zero attached hydrogens (tertiary/aromatic N) is 2. The number of rotatable bonds is 5. The van der Waals surface area contributed by atoms with Crippen LogP contribution in [0.3, 0.4) is 0 Å². The first kappa shape index (κ1) is 18.6. The van der Waals surface area contributed by atoms with E-state index in [1.54, 1.807) is 25.4 Å².